The molecular formula is C24H23F2N7O2. The summed E-state index contributed by atoms with van der Waals surface area (Å²) in [5.41, 5.74) is 6.85. The topological polar surface area (TPSA) is 130 Å². The molecule has 3 heterocycles. The molecule has 2 aromatic heterocycles. The molecule has 4 rings (SSSR count). The lowest BCUT2D eigenvalue weighted by atomic mass is 10.0. The van der Waals surface area contributed by atoms with E-state index in [2.05, 4.69) is 26.8 Å². The molecule has 1 unspecified atom stereocenters. The summed E-state index contributed by atoms with van der Waals surface area (Å²) in [4.78, 5) is 26.2. The number of hydrogen-bond acceptors (Lipinski definition) is 8. The van der Waals surface area contributed by atoms with E-state index < -0.39 is 11.6 Å². The van der Waals surface area contributed by atoms with Crippen LogP contribution in [0.1, 0.15) is 24.0 Å². The molecule has 1 fully saturated rings. The van der Waals surface area contributed by atoms with Crippen LogP contribution in [-0.4, -0.2) is 50.6 Å². The molecule has 0 spiro atoms. The van der Waals surface area contributed by atoms with Gasteiger partial charge in [0.25, 0.3) is 0 Å². The molecule has 1 aromatic carbocycles. The molecule has 1 amide bonds. The summed E-state index contributed by atoms with van der Waals surface area (Å²) in [6.45, 7) is 4.67. The molecule has 1 saturated heterocycles. The van der Waals surface area contributed by atoms with Crippen molar-refractivity contribution in [1.29, 1.82) is 5.41 Å². The first-order valence-electron chi connectivity index (χ1n) is 10.8. The highest BCUT2D eigenvalue weighted by Gasteiger charge is 2.25. The van der Waals surface area contributed by atoms with Crippen LogP contribution in [0.25, 0.3) is 0 Å². The van der Waals surface area contributed by atoms with Gasteiger partial charge in [-0.15, -0.1) is 0 Å². The lowest BCUT2D eigenvalue weighted by Crippen LogP contribution is -2.44. The maximum absolute atomic E-state index is 13.4. The van der Waals surface area contributed by atoms with E-state index in [1.807, 2.05) is 0 Å². The van der Waals surface area contributed by atoms with E-state index in [1.54, 1.807) is 11.0 Å². The Hall–Kier alpha value is -4.41. The Morgan fingerprint density at radius 3 is 2.77 bits per heavy atom. The number of anilines is 2. The molecule has 0 aliphatic carbocycles. The van der Waals surface area contributed by atoms with Crippen molar-refractivity contribution < 1.29 is 18.3 Å². The van der Waals surface area contributed by atoms with Gasteiger partial charge in [0, 0.05) is 43.0 Å². The molecule has 35 heavy (non-hydrogen) atoms. The minimum absolute atomic E-state index is 0.0345. The molecule has 9 nitrogen and oxygen atoms in total. The minimum atomic E-state index is -1.03. The molecule has 3 aromatic rings. The van der Waals surface area contributed by atoms with E-state index in [4.69, 9.17) is 15.9 Å². The van der Waals surface area contributed by atoms with Gasteiger partial charge in [0.15, 0.2) is 11.6 Å². The lowest BCUT2D eigenvalue weighted by Gasteiger charge is -2.33. The second kappa shape index (κ2) is 10.2. The number of amides is 1. The molecule has 4 N–H and O–H groups in total. The van der Waals surface area contributed by atoms with Crippen LogP contribution in [0.4, 0.5) is 20.4 Å². The third kappa shape index (κ3) is 5.40. The third-order valence-corrected chi connectivity index (χ3v) is 5.51. The van der Waals surface area contributed by atoms with Crippen LogP contribution in [0.2, 0.25) is 0 Å². The number of nitrogens with two attached hydrogens (primary N) is 1. The van der Waals surface area contributed by atoms with Gasteiger partial charge in [0.05, 0.1) is 11.3 Å². The minimum Gasteiger partial charge on any atom is -0.439 e. The number of aromatic nitrogens is 3. The fraction of sp³-hybridized carbons (Fsp3) is 0.208. The number of piperidine rings is 1. The molecule has 1 aliphatic rings. The monoisotopic (exact) mass is 479 g/mol. The second-order valence-electron chi connectivity index (χ2n) is 7.89. The number of nitrogen functional groups attached to an aromatic ring is 1. The first-order valence-corrected chi connectivity index (χ1v) is 10.8. The molecular weight excluding hydrogens is 456 g/mol. The van der Waals surface area contributed by atoms with Crippen LogP contribution < -0.4 is 15.8 Å². The third-order valence-electron chi connectivity index (χ3n) is 5.51. The molecule has 180 valence electrons. The summed E-state index contributed by atoms with van der Waals surface area (Å²) in [6, 6.07) is 6.16. The smallest absolute Gasteiger partial charge is 0.246 e. The molecule has 1 atom stereocenters. The van der Waals surface area contributed by atoms with Crippen molar-refractivity contribution >= 4 is 23.3 Å². The maximum atomic E-state index is 13.4. The normalized spacial score (nSPS) is 15.4. The average Bonchev–Trinajstić information content (AvgIpc) is 2.86. The number of nitrogens with zero attached hydrogens (tertiary/aromatic N) is 4. The van der Waals surface area contributed by atoms with E-state index in [0.29, 0.717) is 30.0 Å². The lowest BCUT2D eigenvalue weighted by molar-refractivity contribution is -0.127. The van der Waals surface area contributed by atoms with Crippen molar-refractivity contribution in [2.75, 3.05) is 24.1 Å². The summed E-state index contributed by atoms with van der Waals surface area (Å²) >= 11 is 0. The van der Waals surface area contributed by atoms with Gasteiger partial charge in [-0.2, -0.15) is 0 Å². The van der Waals surface area contributed by atoms with Gasteiger partial charge in [0.2, 0.25) is 11.8 Å². The van der Waals surface area contributed by atoms with Crippen LogP contribution >= 0.6 is 0 Å². The van der Waals surface area contributed by atoms with Crippen molar-refractivity contribution in [2.45, 2.75) is 18.9 Å². The first kappa shape index (κ1) is 23.7. The molecule has 0 bridgehead atoms. The Labute approximate surface area is 200 Å². The van der Waals surface area contributed by atoms with Gasteiger partial charge < -0.3 is 20.7 Å². The number of halogens is 2. The van der Waals surface area contributed by atoms with Crippen LogP contribution in [0.15, 0.2) is 55.5 Å². The van der Waals surface area contributed by atoms with Crippen molar-refractivity contribution in [1.82, 2.24) is 19.9 Å². The fourth-order valence-electron chi connectivity index (χ4n) is 3.77. The first-order chi connectivity index (χ1) is 16.9. The highest BCUT2D eigenvalue weighted by Crippen LogP contribution is 2.26. The number of rotatable bonds is 7. The second-order valence-corrected chi connectivity index (χ2v) is 7.89. The Morgan fingerprint density at radius 2 is 2.06 bits per heavy atom. The van der Waals surface area contributed by atoms with Gasteiger partial charge in [-0.1, -0.05) is 6.58 Å². The van der Waals surface area contributed by atoms with E-state index in [9.17, 15) is 13.6 Å². The number of likely N-dealkylation sites (tertiary alicyclic amines) is 1. The summed E-state index contributed by atoms with van der Waals surface area (Å²) in [7, 11) is 0. The van der Waals surface area contributed by atoms with Crippen LogP contribution in [-0.2, 0) is 4.79 Å². The summed E-state index contributed by atoms with van der Waals surface area (Å²) < 4.78 is 32.0. The SMILES string of the molecule is C=CC(=O)N1CCCC(Nc2ncnc(N)c2C(=N)c2ccc(Oc3ccc(F)c(F)c3)nc2)C1. The van der Waals surface area contributed by atoms with Crippen molar-refractivity contribution in [3.8, 4) is 11.6 Å². The molecule has 11 heteroatoms. The largest absolute Gasteiger partial charge is 0.439 e. The van der Waals surface area contributed by atoms with Crippen LogP contribution in [0.5, 0.6) is 11.6 Å². The number of carbonyl (C=O) groups is 1. The van der Waals surface area contributed by atoms with Crippen molar-refractivity contribution in [3.05, 3.63) is 78.3 Å². The Bertz CT molecular complexity index is 1270. The number of nitrogens with one attached hydrogen (secondary N) is 2. The summed E-state index contributed by atoms with van der Waals surface area (Å²) in [5.74, 6) is -1.43. The summed E-state index contributed by atoms with van der Waals surface area (Å²) in [6.07, 6.45) is 5.63. The number of benzene rings is 1. The number of ether oxygens (including phenoxy) is 1. The van der Waals surface area contributed by atoms with Gasteiger partial charge in [-0.25, -0.2) is 23.7 Å². The van der Waals surface area contributed by atoms with E-state index >= 15 is 0 Å². The van der Waals surface area contributed by atoms with Crippen molar-refractivity contribution in [2.24, 2.45) is 0 Å². The highest BCUT2D eigenvalue weighted by molar-refractivity contribution is 6.16. The predicted octanol–water partition coefficient (Wildman–Crippen LogP) is 3.53. The maximum Gasteiger partial charge on any atom is 0.246 e. The zero-order valence-corrected chi connectivity index (χ0v) is 18.7. The zero-order valence-electron chi connectivity index (χ0n) is 18.7. The van der Waals surface area contributed by atoms with E-state index in [0.717, 1.165) is 25.0 Å². The Morgan fingerprint density at radius 1 is 1.23 bits per heavy atom. The Balaban J connectivity index is 1.52. The number of pyridine rings is 1. The van der Waals surface area contributed by atoms with Gasteiger partial charge in [-0.05, 0) is 37.1 Å². The highest BCUT2D eigenvalue weighted by atomic mass is 19.2. The molecule has 1 aliphatic heterocycles. The predicted molar refractivity (Wildman–Crippen MR) is 126 cm³/mol. The van der Waals surface area contributed by atoms with Gasteiger partial charge in [0.1, 0.15) is 23.7 Å². The average molecular weight is 479 g/mol. The van der Waals surface area contributed by atoms with Gasteiger partial charge >= 0.3 is 0 Å². The molecule has 0 saturated carbocycles. The van der Waals surface area contributed by atoms with Crippen LogP contribution in [0.3, 0.4) is 0 Å². The summed E-state index contributed by atoms with van der Waals surface area (Å²) in [5, 5.41) is 12.0. The van der Waals surface area contributed by atoms with E-state index in [-0.39, 0.29) is 35.1 Å². The Kier molecular flexibility index (Phi) is 6.95. The molecule has 0 radical (unpaired) electrons. The fourth-order valence-corrected chi connectivity index (χ4v) is 3.77. The standard InChI is InChI=1S/C24H23F2N7O2/c1-2-20(34)33-9-3-4-15(12-33)32-24-21(23(28)30-13-31-24)22(27)14-5-8-19(29-11-14)35-16-6-7-17(25)18(26)10-16/h2,5-8,10-11,13,15,27H,1,3-4,9,12H2,(H3,28,30,31,32). The number of carbonyl (C=O) groups excluding carboxylic acids is 1. The zero-order chi connectivity index (χ0) is 24.9. The van der Waals surface area contributed by atoms with Crippen LogP contribution in [0, 0.1) is 17.0 Å². The van der Waals surface area contributed by atoms with Gasteiger partial charge in [-0.3, -0.25) is 10.2 Å². The van der Waals surface area contributed by atoms with Crippen molar-refractivity contribution in [3.63, 3.8) is 0 Å². The number of hydrogen-bond donors (Lipinski definition) is 3. The van der Waals surface area contributed by atoms with E-state index in [1.165, 1.54) is 30.7 Å². The quantitative estimate of drug-likeness (QED) is 0.349.